The molecule has 0 radical (unpaired) electrons. The van der Waals surface area contributed by atoms with Crippen molar-refractivity contribution in [1.82, 2.24) is 4.57 Å². The molecular formula is C17H28N5O+. The Morgan fingerprint density at radius 3 is 2.26 bits per heavy atom. The maximum absolute atomic E-state index is 8.94. The number of aromatic nitrogens is 2. The van der Waals surface area contributed by atoms with E-state index < -0.39 is 0 Å². The number of aryl methyl sites for hydroxylation is 2. The van der Waals surface area contributed by atoms with Crippen molar-refractivity contribution in [2.24, 2.45) is 24.3 Å². The summed E-state index contributed by atoms with van der Waals surface area (Å²) >= 11 is 0. The number of aliphatic hydroxyl groups is 1. The number of rotatable bonds is 5. The summed E-state index contributed by atoms with van der Waals surface area (Å²) in [5.41, 5.74) is 2.98. The van der Waals surface area contributed by atoms with E-state index in [-0.39, 0.29) is 6.61 Å². The maximum atomic E-state index is 8.94. The molecule has 0 bridgehead atoms. The van der Waals surface area contributed by atoms with Crippen molar-refractivity contribution >= 4 is 17.3 Å². The number of hydrogen-bond donors (Lipinski definition) is 1. The lowest BCUT2D eigenvalue weighted by Gasteiger charge is -2.17. The first kappa shape index (κ1) is 18.8. The van der Waals surface area contributed by atoms with Crippen molar-refractivity contribution in [3.05, 3.63) is 36.2 Å². The Balaban J connectivity index is 0.00000127. The minimum Gasteiger partial charge on any atom is -0.395 e. The maximum Gasteiger partial charge on any atom is 0.421 e. The fourth-order valence-corrected chi connectivity index (χ4v) is 2.11. The van der Waals surface area contributed by atoms with E-state index in [1.807, 2.05) is 86.4 Å². The van der Waals surface area contributed by atoms with Crippen molar-refractivity contribution in [2.75, 3.05) is 25.1 Å². The van der Waals surface area contributed by atoms with Crippen LogP contribution in [0.2, 0.25) is 0 Å². The molecular weight excluding hydrogens is 290 g/mol. The van der Waals surface area contributed by atoms with Gasteiger partial charge in [-0.25, -0.2) is 9.13 Å². The summed E-state index contributed by atoms with van der Waals surface area (Å²) in [7, 11) is 5.87. The van der Waals surface area contributed by atoms with Gasteiger partial charge in [0.05, 0.1) is 26.9 Å². The molecule has 1 heterocycles. The summed E-state index contributed by atoms with van der Waals surface area (Å²) in [6.45, 7) is 6.78. The molecule has 6 heteroatoms. The van der Waals surface area contributed by atoms with E-state index in [2.05, 4.69) is 10.2 Å². The third kappa shape index (κ3) is 4.89. The van der Waals surface area contributed by atoms with Gasteiger partial charge in [-0.2, -0.15) is 0 Å². The molecule has 0 unspecified atom stereocenters. The number of likely N-dealkylation sites (N-methyl/N-ethyl adjacent to an activating group) is 1. The minimum absolute atomic E-state index is 0.140. The van der Waals surface area contributed by atoms with Crippen LogP contribution in [0, 0.1) is 6.92 Å². The zero-order valence-corrected chi connectivity index (χ0v) is 15.0. The second kappa shape index (κ2) is 9.05. The van der Waals surface area contributed by atoms with E-state index in [9.17, 15) is 0 Å². The van der Waals surface area contributed by atoms with Gasteiger partial charge in [-0.15, -0.1) is 0 Å². The van der Waals surface area contributed by atoms with Crippen LogP contribution in [0.3, 0.4) is 0 Å². The Morgan fingerprint density at radius 1 is 1.17 bits per heavy atom. The molecule has 23 heavy (non-hydrogen) atoms. The molecule has 2 aromatic rings. The van der Waals surface area contributed by atoms with Gasteiger partial charge in [0, 0.05) is 24.4 Å². The van der Waals surface area contributed by atoms with Crippen molar-refractivity contribution in [3.8, 4) is 0 Å². The molecule has 126 valence electrons. The molecule has 0 amide bonds. The summed E-state index contributed by atoms with van der Waals surface area (Å²) in [5, 5.41) is 17.5. The van der Waals surface area contributed by atoms with Crippen LogP contribution in [0.1, 0.15) is 19.5 Å². The van der Waals surface area contributed by atoms with Gasteiger partial charge in [0.1, 0.15) is 11.4 Å². The highest BCUT2D eigenvalue weighted by atomic mass is 16.3. The number of hydrogen-bond acceptors (Lipinski definition) is 4. The van der Waals surface area contributed by atoms with Crippen molar-refractivity contribution in [2.45, 2.75) is 20.8 Å². The van der Waals surface area contributed by atoms with Crippen LogP contribution in [0.5, 0.6) is 0 Å². The van der Waals surface area contributed by atoms with Gasteiger partial charge in [-0.3, -0.25) is 0 Å². The van der Waals surface area contributed by atoms with E-state index >= 15 is 0 Å². The minimum atomic E-state index is 0.140. The second-order valence-corrected chi connectivity index (χ2v) is 5.10. The quantitative estimate of drug-likeness (QED) is 0.680. The number of benzene rings is 1. The highest BCUT2D eigenvalue weighted by Crippen LogP contribution is 2.20. The Labute approximate surface area is 138 Å². The van der Waals surface area contributed by atoms with E-state index in [1.165, 1.54) is 0 Å². The average molecular weight is 318 g/mol. The molecule has 6 nitrogen and oxygen atoms in total. The third-order valence-corrected chi connectivity index (χ3v) is 3.51. The summed E-state index contributed by atoms with van der Waals surface area (Å²) in [4.78, 5) is 1.99. The summed E-state index contributed by atoms with van der Waals surface area (Å²) in [5.74, 6) is 0.800. The Kier molecular flexibility index (Phi) is 7.41. The molecule has 1 N–H and O–H groups in total. The first-order chi connectivity index (χ1) is 11.0. The highest BCUT2D eigenvalue weighted by Gasteiger charge is 2.14. The predicted octanol–water partition coefficient (Wildman–Crippen LogP) is 3.03. The SMILES string of the molecule is CC.Cc1c[n+](C)c(N=Nc2ccc(N(C)CCO)cc2)n1C. The topological polar surface area (TPSA) is 57.0 Å². The lowest BCUT2D eigenvalue weighted by molar-refractivity contribution is -0.657. The zero-order valence-electron chi connectivity index (χ0n) is 15.0. The Bertz CT molecular complexity index is 631. The van der Waals surface area contributed by atoms with Gasteiger partial charge in [0.25, 0.3) is 0 Å². The van der Waals surface area contributed by atoms with Crippen LogP contribution < -0.4 is 9.47 Å². The molecule has 2 rings (SSSR count). The van der Waals surface area contributed by atoms with Crippen molar-refractivity contribution in [1.29, 1.82) is 0 Å². The fraction of sp³-hybridized carbons (Fsp3) is 0.471. The van der Waals surface area contributed by atoms with Gasteiger partial charge in [0.15, 0.2) is 0 Å². The first-order valence-corrected chi connectivity index (χ1v) is 7.88. The predicted molar refractivity (Wildman–Crippen MR) is 93.6 cm³/mol. The van der Waals surface area contributed by atoms with E-state index in [0.717, 1.165) is 23.0 Å². The zero-order chi connectivity index (χ0) is 17.4. The van der Waals surface area contributed by atoms with Gasteiger partial charge >= 0.3 is 5.95 Å². The Hall–Kier alpha value is -2.21. The second-order valence-electron chi connectivity index (χ2n) is 5.10. The van der Waals surface area contributed by atoms with E-state index in [4.69, 9.17) is 5.11 Å². The van der Waals surface area contributed by atoms with Gasteiger partial charge < -0.3 is 10.0 Å². The van der Waals surface area contributed by atoms with Crippen LogP contribution in [-0.2, 0) is 14.1 Å². The van der Waals surface area contributed by atoms with Crippen LogP contribution in [0.4, 0.5) is 17.3 Å². The smallest absolute Gasteiger partial charge is 0.395 e. The molecule has 0 atom stereocenters. The average Bonchev–Trinajstić information content (AvgIpc) is 2.81. The monoisotopic (exact) mass is 318 g/mol. The molecule has 0 saturated carbocycles. The Morgan fingerprint density at radius 2 is 1.78 bits per heavy atom. The summed E-state index contributed by atoms with van der Waals surface area (Å²) in [6, 6.07) is 7.78. The summed E-state index contributed by atoms with van der Waals surface area (Å²) < 4.78 is 3.94. The molecule has 1 aromatic heterocycles. The number of imidazole rings is 1. The lowest BCUT2D eigenvalue weighted by Crippen LogP contribution is -2.25. The van der Waals surface area contributed by atoms with Gasteiger partial charge in [0.2, 0.25) is 0 Å². The van der Waals surface area contributed by atoms with Crippen LogP contribution in [0.25, 0.3) is 0 Å². The number of azo groups is 1. The molecule has 0 spiro atoms. The van der Waals surface area contributed by atoms with Crippen LogP contribution in [-0.4, -0.2) is 29.9 Å². The van der Waals surface area contributed by atoms with Crippen molar-refractivity contribution in [3.63, 3.8) is 0 Å². The van der Waals surface area contributed by atoms with E-state index in [1.54, 1.807) is 0 Å². The van der Waals surface area contributed by atoms with Gasteiger partial charge in [-0.1, -0.05) is 19.0 Å². The molecule has 0 aliphatic carbocycles. The highest BCUT2D eigenvalue weighted by molar-refractivity contribution is 5.52. The standard InChI is InChI=1S/C15H22N5O.C2H6/c1-12-11-19(3)15(20(12)4)17-16-13-5-7-14(8-6-13)18(2)9-10-21;1-2/h5-8,11,21H,9-10H2,1-4H3;1-2H3/q+1;. The number of anilines is 1. The summed E-state index contributed by atoms with van der Waals surface area (Å²) in [6.07, 6.45) is 2.02. The van der Waals surface area contributed by atoms with Crippen molar-refractivity contribution < 1.29 is 9.67 Å². The lowest BCUT2D eigenvalue weighted by atomic mass is 10.2. The molecule has 0 aliphatic heterocycles. The van der Waals surface area contributed by atoms with Crippen LogP contribution in [0.15, 0.2) is 40.7 Å². The molecule has 0 saturated heterocycles. The first-order valence-electron chi connectivity index (χ1n) is 7.88. The normalized spacial score (nSPS) is 10.6. The third-order valence-electron chi connectivity index (χ3n) is 3.51. The van der Waals surface area contributed by atoms with Crippen LogP contribution >= 0.6 is 0 Å². The molecule has 1 aromatic carbocycles. The number of aliphatic hydroxyl groups excluding tert-OH is 1. The molecule has 0 aliphatic rings. The number of nitrogens with zero attached hydrogens (tertiary/aromatic N) is 5. The fourth-order valence-electron chi connectivity index (χ4n) is 2.11. The van der Waals surface area contributed by atoms with E-state index in [0.29, 0.717) is 6.54 Å². The molecule has 0 fully saturated rings. The largest absolute Gasteiger partial charge is 0.421 e. The van der Waals surface area contributed by atoms with Gasteiger partial charge in [-0.05, 0) is 31.2 Å².